The number of hydrogen-bond donors (Lipinski definition) is 0. The maximum absolute atomic E-state index is 12.2. The lowest BCUT2D eigenvalue weighted by Crippen LogP contribution is -2.45. The molecule has 8 aliphatic heterocycles. The molecular weight excluding hydrogens is 1960 g/mol. The lowest BCUT2D eigenvalue weighted by molar-refractivity contribution is 0.312. The van der Waals surface area contributed by atoms with Crippen molar-refractivity contribution in [2.24, 2.45) is 0 Å². The number of sulfonamides is 2. The molecule has 33 nitrogen and oxygen atoms in total. The maximum Gasteiger partial charge on any atom is 0.211 e. The number of anilines is 6. The summed E-state index contributed by atoms with van der Waals surface area (Å²) in [6.07, 6.45) is 58.3. The predicted molar refractivity (Wildman–Crippen MR) is 577 cm³/mol. The number of pyridine rings is 5. The first-order valence-electron chi connectivity index (χ1n) is 50.8. The number of hydrogen-bond acceptors (Lipinski definition) is 31. The van der Waals surface area contributed by atoms with Crippen LogP contribution in [-0.4, -0.2) is 232 Å². The minimum Gasteiger partial charge on any atom is -0.366 e. The normalized spacial score (nSPS) is 20.9. The SMILES string of the molecule is CC1Cc2ncnc(-c3cccc(S(C)(=O)=O)c3)c2CN1c1ccnc2c1C=CC2.CS(=O)(=O)c1cccc(-c2ncnc3c2CN(c2ccnc4c2C=CC4)CC3)c1.C[C@@H]1Cc2ncnc(C3CCCN(S(C)(=O)=O)C3)c2CN1c1ccnc2c1C=CC2.C[C@@H]1Cc2ncnc(C3CCN(S(C)(=O)=O)C3)c2CN1c1ccnc2c1C=CC2.C[C@@H]1Cc2ncnc(N3CCCC(S(C)(=O)=O)C3)c2CN1c1ccnc2c1C=CC2. The summed E-state index contributed by atoms with van der Waals surface area (Å²) < 4.78 is 124. The zero-order valence-corrected chi connectivity index (χ0v) is 88.7. The van der Waals surface area contributed by atoms with Crippen molar-refractivity contribution in [3.63, 3.8) is 0 Å². The van der Waals surface area contributed by atoms with Crippen molar-refractivity contribution in [2.75, 3.05) is 106 Å². The first kappa shape index (κ1) is 101. The van der Waals surface area contributed by atoms with Crippen LogP contribution < -0.4 is 29.4 Å². The van der Waals surface area contributed by atoms with Crippen LogP contribution in [0.2, 0.25) is 0 Å². The molecular formula is C110H121N23O10S5. The average molecular weight is 2090 g/mol. The third-order valence-electron chi connectivity index (χ3n) is 31.0. The van der Waals surface area contributed by atoms with Gasteiger partial charge in [0.05, 0.1) is 107 Å². The van der Waals surface area contributed by atoms with Gasteiger partial charge in [0.15, 0.2) is 29.5 Å². The second-order valence-electron chi connectivity index (χ2n) is 40.9. The van der Waals surface area contributed by atoms with E-state index in [0.29, 0.717) is 73.7 Å². The number of aromatic nitrogens is 15. The molecule has 148 heavy (non-hydrogen) atoms. The number of fused-ring (bicyclic) bond motifs is 10. The fourth-order valence-corrected chi connectivity index (χ4v) is 27.5. The maximum atomic E-state index is 12.2. The molecule has 2 aromatic carbocycles. The standard InChI is InChI=1S/C23H22N4O2S.2C22H27N5O2S.C22H20N4O2S.C21H25N5O2S/c1-15-11-21-19(13-27(15)22-9-10-24-20-8-4-7-18(20)22)23(26-14-25-21)16-5-3-6-17(12-16)30(2,28)29;1-15-11-20-18(13-27(15)21-8-9-23-19-7-3-6-17(19)21)22(25-14-24-20)26-10-4-5-16(12-26)30(2,28)29;1-15-11-20-18(13-27(15)21-8-9-23-19-7-3-6-17(19)21)22(25-14-24-20)16-5-4-10-26(12-16)30(2,28)29;1-29(27,28)16-5-2-4-15(12-16)22-18-13-26(11-9-20(18)24-14-25-22)21-8-10-23-19-7-3-6-17(19)21;1-14-10-19-17(12-26(14)20-6-8-22-18-5-3-4-16(18)20)21(24-13-23-19)15-7-9-25(11-15)29(2,27)28/h3-7,9-10,12,14-15H,8,11,13H2,1-2H3;2*3,6,8-9,14-16H,4-5,7,10-13H2,1-2H3;2-6,8,10,12,14H,7,9,11,13H2,1H3;3-4,6,8,13-15H,5,7,9-12H2,1-2H3/t;2*15-,16?;;14-,15?/m.11.1/s1. The van der Waals surface area contributed by atoms with Crippen LogP contribution >= 0.6 is 0 Å². The first-order valence-corrected chi connectivity index (χ1v) is 60.2. The van der Waals surface area contributed by atoms with E-state index in [-0.39, 0.29) is 23.1 Å². The van der Waals surface area contributed by atoms with Gasteiger partial charge in [-0.15, -0.1) is 0 Å². The molecule has 5 aliphatic carbocycles. The van der Waals surface area contributed by atoms with Crippen molar-refractivity contribution in [3.8, 4) is 22.5 Å². The molecule has 4 unspecified atom stereocenters. The average Bonchev–Trinajstić information content (AvgIpc) is 1.50. The Labute approximate surface area is 866 Å². The Balaban J connectivity index is 0.000000108. The van der Waals surface area contributed by atoms with Gasteiger partial charge in [-0.3, -0.25) is 24.9 Å². The summed E-state index contributed by atoms with van der Waals surface area (Å²) in [4.78, 5) is 83.1. The molecule has 0 radical (unpaired) electrons. The Bertz CT molecular complexity index is 7830. The van der Waals surface area contributed by atoms with Crippen LogP contribution in [0, 0.1) is 0 Å². The summed E-state index contributed by atoms with van der Waals surface area (Å²) in [7, 11) is -16.0. The zero-order valence-electron chi connectivity index (χ0n) is 84.6. The van der Waals surface area contributed by atoms with Crippen molar-refractivity contribution < 1.29 is 42.1 Å². The Morgan fingerprint density at radius 2 is 0.669 bits per heavy atom. The van der Waals surface area contributed by atoms with E-state index in [1.54, 1.807) is 76.6 Å². The molecule has 0 saturated carbocycles. The quantitative estimate of drug-likeness (QED) is 0.0919. The Morgan fingerprint density at radius 3 is 1.09 bits per heavy atom. The van der Waals surface area contributed by atoms with Gasteiger partial charge >= 0.3 is 0 Å². The van der Waals surface area contributed by atoms with E-state index in [1.807, 2.05) is 43.1 Å². The van der Waals surface area contributed by atoms with Gasteiger partial charge in [0.1, 0.15) is 37.5 Å². The van der Waals surface area contributed by atoms with Gasteiger partial charge in [-0.05, 0) is 114 Å². The molecule has 0 amide bonds. The lowest BCUT2D eigenvalue weighted by Gasteiger charge is -2.40. The van der Waals surface area contributed by atoms with Crippen molar-refractivity contribution >= 4 is 114 Å². The Hall–Kier alpha value is -13.2. The number of rotatable bonds is 15. The molecule has 0 N–H and O–H groups in total. The zero-order chi connectivity index (χ0) is 103. The summed E-state index contributed by atoms with van der Waals surface area (Å²) in [5.74, 6) is 1.13. The molecule has 18 heterocycles. The molecule has 13 aliphatic rings. The van der Waals surface area contributed by atoms with E-state index < -0.39 is 49.6 Å². The van der Waals surface area contributed by atoms with E-state index in [2.05, 4.69) is 223 Å². The van der Waals surface area contributed by atoms with Crippen LogP contribution in [0.3, 0.4) is 0 Å². The topological polar surface area (TPSA) is 390 Å². The van der Waals surface area contributed by atoms with Crippen LogP contribution in [0.1, 0.15) is 196 Å². The van der Waals surface area contributed by atoms with Crippen LogP contribution in [0.5, 0.6) is 0 Å². The third-order valence-corrected chi connectivity index (χ3v) is 37.3. The molecule has 38 heteroatoms. The molecule has 3 saturated heterocycles. The fourth-order valence-electron chi connectivity index (χ4n) is 23.3. The van der Waals surface area contributed by atoms with Crippen LogP contribution in [0.25, 0.3) is 52.9 Å². The number of allylic oxidation sites excluding steroid dienone is 5. The third kappa shape index (κ3) is 20.8. The van der Waals surface area contributed by atoms with Crippen LogP contribution in [-0.2, 0) is 146 Å². The van der Waals surface area contributed by atoms with Crippen molar-refractivity contribution in [1.82, 2.24) is 83.4 Å². The van der Waals surface area contributed by atoms with Gasteiger partial charge in [0.2, 0.25) is 20.0 Å². The fraction of sp³-hybridized carbons (Fsp3) is 0.391. The number of nitrogens with zero attached hydrogens (tertiary/aromatic N) is 23. The number of piperidine rings is 2. The second kappa shape index (κ2) is 41.4. The van der Waals surface area contributed by atoms with Gasteiger partial charge in [-0.25, -0.2) is 101 Å². The molecule has 0 spiro atoms. The van der Waals surface area contributed by atoms with E-state index in [9.17, 15) is 42.1 Å². The molecule has 0 bridgehead atoms. The van der Waals surface area contributed by atoms with Gasteiger partial charge < -0.3 is 29.4 Å². The number of sulfone groups is 3. The molecule has 10 aromatic heterocycles. The highest BCUT2D eigenvalue weighted by Gasteiger charge is 2.41. The summed E-state index contributed by atoms with van der Waals surface area (Å²) in [6.45, 7) is 16.8. The molecule has 7 atom stereocenters. The van der Waals surface area contributed by atoms with Gasteiger partial charge in [-0.2, -0.15) is 0 Å². The Morgan fingerprint density at radius 1 is 0.311 bits per heavy atom. The van der Waals surface area contributed by atoms with Crippen LogP contribution in [0.15, 0.2) is 182 Å². The molecule has 766 valence electrons. The summed E-state index contributed by atoms with van der Waals surface area (Å²) >= 11 is 0. The monoisotopic (exact) mass is 2080 g/mol. The smallest absolute Gasteiger partial charge is 0.211 e. The number of benzene rings is 2. The highest BCUT2D eigenvalue weighted by atomic mass is 32.2. The van der Waals surface area contributed by atoms with E-state index >= 15 is 0 Å². The van der Waals surface area contributed by atoms with Gasteiger partial charge in [0, 0.05) is 324 Å². The van der Waals surface area contributed by atoms with Crippen molar-refractivity contribution in [1.29, 1.82) is 0 Å². The molecule has 3 fully saturated rings. The largest absolute Gasteiger partial charge is 0.366 e. The van der Waals surface area contributed by atoms with E-state index in [1.165, 1.54) is 98.7 Å². The van der Waals surface area contributed by atoms with Crippen LogP contribution in [0.4, 0.5) is 34.3 Å². The second-order valence-corrected chi connectivity index (χ2v) is 51.2. The minimum absolute atomic E-state index is 0.114. The lowest BCUT2D eigenvalue weighted by atomic mass is 9.88. The minimum atomic E-state index is -3.29. The molecule has 25 rings (SSSR count). The van der Waals surface area contributed by atoms with Gasteiger partial charge in [0.25, 0.3) is 0 Å². The van der Waals surface area contributed by atoms with Gasteiger partial charge in [-0.1, -0.05) is 85.0 Å². The van der Waals surface area contributed by atoms with E-state index in [4.69, 9.17) is 0 Å². The Kier molecular flexibility index (Phi) is 28.1. The first-order chi connectivity index (χ1) is 71.2. The highest BCUT2D eigenvalue weighted by molar-refractivity contribution is 7.91. The summed E-state index contributed by atoms with van der Waals surface area (Å²) in [6, 6.07) is 25.6. The predicted octanol–water partition coefficient (Wildman–Crippen LogP) is 13.6. The van der Waals surface area contributed by atoms with E-state index in [0.717, 1.165) is 242 Å². The summed E-state index contributed by atoms with van der Waals surface area (Å²) in [5, 5.41) is -0.330. The molecule has 12 aromatic rings. The summed E-state index contributed by atoms with van der Waals surface area (Å²) in [5.41, 5.74) is 33.7. The highest BCUT2D eigenvalue weighted by Crippen LogP contribution is 2.46. The van der Waals surface area contributed by atoms with Crippen molar-refractivity contribution in [2.45, 2.75) is 208 Å². The van der Waals surface area contributed by atoms with Crippen molar-refractivity contribution in [3.05, 3.63) is 296 Å².